The molecule has 4 N–H and O–H groups in total. The molecule has 0 unspecified atom stereocenters. The molecule has 0 radical (unpaired) electrons. The smallest absolute Gasteiger partial charge is 0.269 e. The fourth-order valence-corrected chi connectivity index (χ4v) is 1.98. The zero-order valence-electron chi connectivity index (χ0n) is 12.7. The highest BCUT2D eigenvalue weighted by Crippen LogP contribution is 2.17. The normalized spacial score (nSPS) is 10.1. The van der Waals surface area contributed by atoms with Crippen LogP contribution in [0.15, 0.2) is 48.5 Å². The first kappa shape index (κ1) is 16.6. The predicted octanol–water partition coefficient (Wildman–Crippen LogP) is 2.46. The van der Waals surface area contributed by atoms with Gasteiger partial charge < -0.3 is 21.1 Å². The largest absolute Gasteiger partial charge is 0.492 e. The number of nitrogens with zero attached hydrogens (tertiary/aromatic N) is 1. The molecule has 0 bridgehead atoms. The zero-order valence-corrected chi connectivity index (χ0v) is 12.7. The Kier molecular flexibility index (Phi) is 6.19. The summed E-state index contributed by atoms with van der Waals surface area (Å²) in [6.07, 6.45) is 0. The molecule has 0 fully saturated rings. The van der Waals surface area contributed by atoms with E-state index < -0.39 is 4.92 Å². The van der Waals surface area contributed by atoms with Crippen molar-refractivity contribution >= 4 is 17.1 Å². The van der Waals surface area contributed by atoms with Gasteiger partial charge in [0.1, 0.15) is 12.4 Å². The molecule has 0 aliphatic carbocycles. The molecule has 7 nitrogen and oxygen atoms in total. The van der Waals surface area contributed by atoms with Gasteiger partial charge in [0.15, 0.2) is 0 Å². The number of nitrogens with two attached hydrogens (primary N) is 1. The summed E-state index contributed by atoms with van der Waals surface area (Å²) in [5.74, 6) is 0.607. The summed E-state index contributed by atoms with van der Waals surface area (Å²) < 4.78 is 5.54. The molecule has 0 aliphatic heterocycles. The van der Waals surface area contributed by atoms with Crippen LogP contribution < -0.4 is 21.1 Å². The molecule has 2 aromatic rings. The molecular formula is C16H20N4O3. The first-order chi connectivity index (χ1) is 11.2. The Labute approximate surface area is 134 Å². The number of nitro benzene ring substituents is 1. The van der Waals surface area contributed by atoms with Crippen molar-refractivity contribution < 1.29 is 9.66 Å². The third-order valence-corrected chi connectivity index (χ3v) is 3.08. The second-order valence-corrected chi connectivity index (χ2v) is 4.82. The Balaban J connectivity index is 1.75. The lowest BCUT2D eigenvalue weighted by atomic mass is 10.2. The minimum absolute atomic E-state index is 0.0530. The molecular weight excluding hydrogens is 296 g/mol. The minimum atomic E-state index is -0.434. The van der Waals surface area contributed by atoms with Crippen LogP contribution in [0.3, 0.4) is 0 Å². The maximum atomic E-state index is 10.6. The van der Waals surface area contributed by atoms with Crippen molar-refractivity contribution in [2.75, 3.05) is 36.9 Å². The Morgan fingerprint density at radius 3 is 2.30 bits per heavy atom. The Bertz CT molecular complexity index is 631. The molecule has 0 saturated heterocycles. The average Bonchev–Trinajstić information content (AvgIpc) is 2.57. The Morgan fingerprint density at radius 2 is 1.70 bits per heavy atom. The summed E-state index contributed by atoms with van der Waals surface area (Å²) in [5, 5.41) is 17.0. The van der Waals surface area contributed by atoms with Gasteiger partial charge in [-0.1, -0.05) is 6.07 Å². The highest BCUT2D eigenvalue weighted by molar-refractivity contribution is 5.56. The number of hydrogen-bond donors (Lipinski definition) is 3. The Morgan fingerprint density at radius 1 is 1.04 bits per heavy atom. The minimum Gasteiger partial charge on any atom is -0.492 e. The molecule has 122 valence electrons. The fourth-order valence-electron chi connectivity index (χ4n) is 1.98. The number of rotatable bonds is 9. The second kappa shape index (κ2) is 8.60. The van der Waals surface area contributed by atoms with E-state index in [2.05, 4.69) is 10.6 Å². The van der Waals surface area contributed by atoms with E-state index in [1.807, 2.05) is 24.3 Å². The van der Waals surface area contributed by atoms with E-state index in [4.69, 9.17) is 10.5 Å². The monoisotopic (exact) mass is 316 g/mol. The summed E-state index contributed by atoms with van der Waals surface area (Å²) in [6.45, 7) is 2.39. The van der Waals surface area contributed by atoms with E-state index in [1.54, 1.807) is 12.1 Å². The van der Waals surface area contributed by atoms with Crippen LogP contribution in [0.2, 0.25) is 0 Å². The van der Waals surface area contributed by atoms with Gasteiger partial charge in [-0.25, -0.2) is 0 Å². The van der Waals surface area contributed by atoms with Crippen molar-refractivity contribution in [3.05, 3.63) is 58.6 Å². The molecule has 0 heterocycles. The maximum absolute atomic E-state index is 10.6. The predicted molar refractivity (Wildman–Crippen MR) is 91.1 cm³/mol. The van der Waals surface area contributed by atoms with Crippen molar-refractivity contribution in [2.45, 2.75) is 0 Å². The SMILES string of the molecule is NCCNc1cccc(NCCOc2ccc([N+](=O)[O-])cc2)c1. The third kappa shape index (κ3) is 5.48. The van der Waals surface area contributed by atoms with Gasteiger partial charge in [0.25, 0.3) is 5.69 Å². The van der Waals surface area contributed by atoms with Gasteiger partial charge in [0.2, 0.25) is 0 Å². The number of nitrogens with one attached hydrogen (secondary N) is 2. The first-order valence-corrected chi connectivity index (χ1v) is 7.34. The first-order valence-electron chi connectivity index (χ1n) is 7.34. The lowest BCUT2D eigenvalue weighted by Crippen LogP contribution is -2.14. The number of anilines is 2. The summed E-state index contributed by atoms with van der Waals surface area (Å²) in [6, 6.07) is 13.9. The van der Waals surface area contributed by atoms with Crippen LogP contribution in [-0.4, -0.2) is 31.2 Å². The summed E-state index contributed by atoms with van der Waals surface area (Å²) in [4.78, 5) is 10.1. The van der Waals surface area contributed by atoms with E-state index in [9.17, 15) is 10.1 Å². The summed E-state index contributed by atoms with van der Waals surface area (Å²) >= 11 is 0. The number of hydrogen-bond acceptors (Lipinski definition) is 6. The number of benzene rings is 2. The van der Waals surface area contributed by atoms with Gasteiger partial charge in [0.05, 0.1) is 4.92 Å². The van der Waals surface area contributed by atoms with E-state index in [0.29, 0.717) is 25.4 Å². The molecule has 0 spiro atoms. The van der Waals surface area contributed by atoms with Crippen LogP contribution in [0, 0.1) is 10.1 Å². The van der Waals surface area contributed by atoms with Gasteiger partial charge in [0, 0.05) is 43.1 Å². The lowest BCUT2D eigenvalue weighted by Gasteiger charge is -2.10. The lowest BCUT2D eigenvalue weighted by molar-refractivity contribution is -0.384. The van der Waals surface area contributed by atoms with E-state index in [-0.39, 0.29) is 5.69 Å². The maximum Gasteiger partial charge on any atom is 0.269 e. The fraction of sp³-hybridized carbons (Fsp3) is 0.250. The molecule has 0 aliphatic rings. The molecule has 0 saturated carbocycles. The highest BCUT2D eigenvalue weighted by atomic mass is 16.6. The summed E-state index contributed by atoms with van der Waals surface area (Å²) in [7, 11) is 0. The zero-order chi connectivity index (χ0) is 16.5. The molecule has 0 amide bonds. The molecule has 2 rings (SSSR count). The molecule has 2 aromatic carbocycles. The Hall–Kier alpha value is -2.80. The van der Waals surface area contributed by atoms with Crippen molar-refractivity contribution in [3.63, 3.8) is 0 Å². The van der Waals surface area contributed by atoms with Gasteiger partial charge in [-0.05, 0) is 30.3 Å². The van der Waals surface area contributed by atoms with Crippen molar-refractivity contribution in [1.29, 1.82) is 0 Å². The van der Waals surface area contributed by atoms with Gasteiger partial charge in [-0.3, -0.25) is 10.1 Å². The second-order valence-electron chi connectivity index (χ2n) is 4.82. The van der Waals surface area contributed by atoms with Crippen LogP contribution in [0.4, 0.5) is 17.1 Å². The summed E-state index contributed by atoms with van der Waals surface area (Å²) in [5.41, 5.74) is 7.51. The van der Waals surface area contributed by atoms with E-state index >= 15 is 0 Å². The average molecular weight is 316 g/mol. The van der Waals surface area contributed by atoms with Crippen LogP contribution in [0.25, 0.3) is 0 Å². The topological polar surface area (TPSA) is 102 Å². The standard InChI is InChI=1S/C16H20N4O3/c17-8-9-18-13-2-1-3-14(12-13)19-10-11-23-16-6-4-15(5-7-16)20(21)22/h1-7,12,18-19H,8-11,17H2. The van der Waals surface area contributed by atoms with E-state index in [0.717, 1.165) is 17.9 Å². The van der Waals surface area contributed by atoms with Crippen molar-refractivity contribution in [1.82, 2.24) is 0 Å². The van der Waals surface area contributed by atoms with E-state index in [1.165, 1.54) is 12.1 Å². The highest BCUT2D eigenvalue weighted by Gasteiger charge is 2.04. The van der Waals surface area contributed by atoms with Crippen molar-refractivity contribution in [3.8, 4) is 5.75 Å². The van der Waals surface area contributed by atoms with Crippen LogP contribution >= 0.6 is 0 Å². The van der Waals surface area contributed by atoms with Crippen molar-refractivity contribution in [2.24, 2.45) is 5.73 Å². The molecule has 23 heavy (non-hydrogen) atoms. The van der Waals surface area contributed by atoms with Crippen LogP contribution in [0.1, 0.15) is 0 Å². The molecule has 0 aromatic heterocycles. The van der Waals surface area contributed by atoms with Gasteiger partial charge >= 0.3 is 0 Å². The molecule has 0 atom stereocenters. The van der Waals surface area contributed by atoms with Gasteiger partial charge in [-0.15, -0.1) is 0 Å². The van der Waals surface area contributed by atoms with Crippen LogP contribution in [0.5, 0.6) is 5.75 Å². The van der Waals surface area contributed by atoms with Gasteiger partial charge in [-0.2, -0.15) is 0 Å². The molecule has 7 heteroatoms. The quantitative estimate of drug-likeness (QED) is 0.373. The number of nitro groups is 1. The number of ether oxygens (including phenoxy) is 1. The third-order valence-electron chi connectivity index (χ3n) is 3.08. The van der Waals surface area contributed by atoms with Crippen LogP contribution in [-0.2, 0) is 0 Å². The number of non-ortho nitro benzene ring substituents is 1.